The summed E-state index contributed by atoms with van der Waals surface area (Å²) in [6, 6.07) is 12.4. The maximum absolute atomic E-state index is 12.2. The number of Topliss-reactive ketones (excluding diaryl/α,β-unsaturated/α-hetero) is 1. The molecule has 1 N–H and O–H groups in total. The van der Waals surface area contributed by atoms with Crippen molar-refractivity contribution in [1.82, 2.24) is 0 Å². The molecule has 0 radical (unpaired) electrons. The quantitative estimate of drug-likeness (QED) is 0.794. The molecule has 20 heavy (non-hydrogen) atoms. The molecule has 0 amide bonds. The van der Waals surface area contributed by atoms with Gasteiger partial charge in [-0.2, -0.15) is 0 Å². The van der Waals surface area contributed by atoms with Gasteiger partial charge < -0.3 is 5.11 Å². The van der Waals surface area contributed by atoms with E-state index in [0.29, 0.717) is 12.8 Å². The predicted octanol–water partition coefficient (Wildman–Crippen LogP) is 3.34. The second-order valence-corrected chi connectivity index (χ2v) is 6.43. The number of carbonyl (C=O) groups is 1. The fourth-order valence-corrected chi connectivity index (χ4v) is 4.22. The maximum Gasteiger partial charge on any atom is 0.142 e. The molecule has 0 unspecified atom stereocenters. The van der Waals surface area contributed by atoms with Crippen molar-refractivity contribution in [2.45, 2.75) is 38.2 Å². The Hall–Kier alpha value is -1.67. The van der Waals surface area contributed by atoms with Gasteiger partial charge in [0.1, 0.15) is 11.4 Å². The normalized spacial score (nSPS) is 32.2. The molecule has 2 nitrogen and oxygen atoms in total. The highest BCUT2D eigenvalue weighted by atomic mass is 16.3. The van der Waals surface area contributed by atoms with Gasteiger partial charge in [0.15, 0.2) is 0 Å². The third kappa shape index (κ3) is 1.25. The number of hydrogen-bond donors (Lipinski definition) is 1. The van der Waals surface area contributed by atoms with Gasteiger partial charge in [0.2, 0.25) is 0 Å². The summed E-state index contributed by atoms with van der Waals surface area (Å²) < 4.78 is 0. The first-order valence-corrected chi connectivity index (χ1v) is 7.33. The third-order valence-corrected chi connectivity index (χ3v) is 5.60. The van der Waals surface area contributed by atoms with Crippen LogP contribution in [0.15, 0.2) is 36.4 Å². The minimum Gasteiger partial charge on any atom is -0.384 e. The zero-order valence-electron chi connectivity index (χ0n) is 11.6. The fourth-order valence-electron chi connectivity index (χ4n) is 4.22. The molecule has 4 rings (SSSR count). The first-order chi connectivity index (χ1) is 9.56. The molecule has 1 fully saturated rings. The lowest BCUT2D eigenvalue weighted by molar-refractivity contribution is -0.138. The van der Waals surface area contributed by atoms with Crippen molar-refractivity contribution in [3.63, 3.8) is 0 Å². The fraction of sp³-hybridized carbons (Fsp3) is 0.389. The van der Waals surface area contributed by atoms with E-state index < -0.39 is 11.0 Å². The Morgan fingerprint density at radius 1 is 1.05 bits per heavy atom. The summed E-state index contributed by atoms with van der Waals surface area (Å²) in [7, 11) is 0. The number of aliphatic hydroxyl groups is 1. The number of hydrogen-bond acceptors (Lipinski definition) is 2. The average Bonchev–Trinajstić information content (AvgIpc) is 2.71. The Bertz CT molecular complexity index is 733. The van der Waals surface area contributed by atoms with Crippen LogP contribution in [0.3, 0.4) is 0 Å². The summed E-state index contributed by atoms with van der Waals surface area (Å²) in [5, 5.41) is 13.7. The van der Waals surface area contributed by atoms with Crippen LogP contribution in [-0.4, -0.2) is 10.9 Å². The second kappa shape index (κ2) is 3.70. The minimum atomic E-state index is -0.971. The van der Waals surface area contributed by atoms with E-state index in [1.165, 1.54) is 16.3 Å². The average molecular weight is 266 g/mol. The first kappa shape index (κ1) is 12.1. The number of rotatable bonds is 0. The van der Waals surface area contributed by atoms with Gasteiger partial charge in [0.05, 0.1) is 5.41 Å². The monoisotopic (exact) mass is 266 g/mol. The molecule has 0 spiro atoms. The topological polar surface area (TPSA) is 37.3 Å². The molecule has 2 heteroatoms. The largest absolute Gasteiger partial charge is 0.384 e. The van der Waals surface area contributed by atoms with Crippen LogP contribution in [0, 0.1) is 5.41 Å². The van der Waals surface area contributed by atoms with Crippen molar-refractivity contribution in [3.8, 4) is 0 Å². The Kier molecular flexibility index (Phi) is 2.24. The molecule has 0 saturated heterocycles. The van der Waals surface area contributed by atoms with Gasteiger partial charge in [-0.05, 0) is 48.1 Å². The maximum atomic E-state index is 12.2. The number of ketones is 1. The number of aryl methyl sites for hydroxylation is 1. The van der Waals surface area contributed by atoms with Crippen molar-refractivity contribution in [1.29, 1.82) is 0 Å². The van der Waals surface area contributed by atoms with Crippen LogP contribution in [0.1, 0.15) is 37.3 Å². The number of carbonyl (C=O) groups excluding carboxylic acids is 1. The highest BCUT2D eigenvalue weighted by Gasteiger charge is 2.59. The Balaban J connectivity index is 2.03. The molecular formula is C18H18O2. The van der Waals surface area contributed by atoms with Crippen molar-refractivity contribution in [3.05, 3.63) is 47.5 Å². The molecule has 0 heterocycles. The summed E-state index contributed by atoms with van der Waals surface area (Å²) in [5.41, 5.74) is 0.651. The van der Waals surface area contributed by atoms with Crippen LogP contribution in [0.25, 0.3) is 10.8 Å². The molecular weight excluding hydrogens is 248 g/mol. The Morgan fingerprint density at radius 2 is 1.85 bits per heavy atom. The van der Waals surface area contributed by atoms with E-state index >= 15 is 0 Å². The van der Waals surface area contributed by atoms with E-state index in [4.69, 9.17) is 0 Å². The first-order valence-electron chi connectivity index (χ1n) is 7.33. The highest BCUT2D eigenvalue weighted by Crippen LogP contribution is 2.57. The van der Waals surface area contributed by atoms with Gasteiger partial charge in [0.25, 0.3) is 0 Å². The molecule has 1 saturated carbocycles. The summed E-state index contributed by atoms with van der Waals surface area (Å²) in [6.07, 6.45) is 2.69. The summed E-state index contributed by atoms with van der Waals surface area (Å²) in [5.74, 6) is 0.221. The van der Waals surface area contributed by atoms with Crippen LogP contribution >= 0.6 is 0 Å². The van der Waals surface area contributed by atoms with Crippen LogP contribution in [0.4, 0.5) is 0 Å². The lowest BCUT2D eigenvalue weighted by Crippen LogP contribution is -2.46. The van der Waals surface area contributed by atoms with Crippen LogP contribution < -0.4 is 0 Å². The smallest absolute Gasteiger partial charge is 0.142 e. The van der Waals surface area contributed by atoms with E-state index in [1.807, 2.05) is 25.1 Å². The van der Waals surface area contributed by atoms with E-state index in [1.54, 1.807) is 0 Å². The molecule has 102 valence electrons. The SMILES string of the molecule is C[C@]12CCc3c(ccc4ccccc34)[C@@]1(O)CCC2=O. The molecule has 2 aliphatic rings. The highest BCUT2D eigenvalue weighted by molar-refractivity contribution is 5.92. The van der Waals surface area contributed by atoms with Gasteiger partial charge >= 0.3 is 0 Å². The third-order valence-electron chi connectivity index (χ3n) is 5.60. The van der Waals surface area contributed by atoms with Crippen molar-refractivity contribution >= 4 is 16.6 Å². The Labute approximate surface area is 118 Å². The molecule has 0 aliphatic heterocycles. The zero-order valence-corrected chi connectivity index (χ0v) is 11.6. The Morgan fingerprint density at radius 3 is 2.70 bits per heavy atom. The van der Waals surface area contributed by atoms with Crippen molar-refractivity contribution in [2.75, 3.05) is 0 Å². The van der Waals surface area contributed by atoms with Gasteiger partial charge in [-0.25, -0.2) is 0 Å². The van der Waals surface area contributed by atoms with Crippen LogP contribution in [0.5, 0.6) is 0 Å². The van der Waals surface area contributed by atoms with Crippen molar-refractivity contribution < 1.29 is 9.90 Å². The number of fused-ring (bicyclic) bond motifs is 5. The second-order valence-electron chi connectivity index (χ2n) is 6.43. The summed E-state index contributed by atoms with van der Waals surface area (Å²) in [4.78, 5) is 12.2. The van der Waals surface area contributed by atoms with E-state index in [-0.39, 0.29) is 5.78 Å². The van der Waals surface area contributed by atoms with E-state index in [0.717, 1.165) is 18.4 Å². The predicted molar refractivity (Wildman–Crippen MR) is 78.5 cm³/mol. The van der Waals surface area contributed by atoms with E-state index in [9.17, 15) is 9.90 Å². The lowest BCUT2D eigenvalue weighted by Gasteiger charge is -2.44. The molecule has 0 bridgehead atoms. The summed E-state index contributed by atoms with van der Waals surface area (Å²) >= 11 is 0. The number of benzene rings is 2. The van der Waals surface area contributed by atoms with Crippen LogP contribution in [-0.2, 0) is 16.8 Å². The summed E-state index contributed by atoms with van der Waals surface area (Å²) in [6.45, 7) is 1.94. The minimum absolute atomic E-state index is 0.221. The molecule has 2 atom stereocenters. The van der Waals surface area contributed by atoms with Crippen LogP contribution in [0.2, 0.25) is 0 Å². The standard InChI is InChI=1S/C18H18O2/c1-17-10-8-14-13-5-3-2-4-12(13)6-7-15(14)18(17,20)11-9-16(17)19/h2-7,20H,8-11H2,1H3/t17-,18+/m1/s1. The van der Waals surface area contributed by atoms with Gasteiger partial charge in [0, 0.05) is 6.42 Å². The molecule has 2 aromatic rings. The van der Waals surface area contributed by atoms with Gasteiger partial charge in [-0.1, -0.05) is 36.4 Å². The van der Waals surface area contributed by atoms with Crippen molar-refractivity contribution in [2.24, 2.45) is 5.41 Å². The molecule has 2 aromatic carbocycles. The molecule has 2 aliphatic carbocycles. The lowest BCUT2D eigenvalue weighted by atomic mass is 9.63. The van der Waals surface area contributed by atoms with Gasteiger partial charge in [-0.3, -0.25) is 4.79 Å². The van der Waals surface area contributed by atoms with Gasteiger partial charge in [-0.15, -0.1) is 0 Å². The molecule has 0 aromatic heterocycles. The van der Waals surface area contributed by atoms with E-state index in [2.05, 4.69) is 18.2 Å². The zero-order chi connectivity index (χ0) is 14.0.